The van der Waals surface area contributed by atoms with Crippen LogP contribution in [0.5, 0.6) is 0 Å². The highest BCUT2D eigenvalue weighted by atomic mass is 35.5. The Morgan fingerprint density at radius 2 is 2.14 bits per heavy atom. The molecule has 0 spiro atoms. The van der Waals surface area contributed by atoms with Gasteiger partial charge < -0.3 is 0 Å². The van der Waals surface area contributed by atoms with Crippen LogP contribution in [0.3, 0.4) is 0 Å². The topological polar surface area (TPSA) is 0 Å². The summed E-state index contributed by atoms with van der Waals surface area (Å²) >= 11 is 5.22. The molecule has 0 saturated heterocycles. The summed E-state index contributed by atoms with van der Waals surface area (Å²) in [5.41, 5.74) is 0. The highest BCUT2D eigenvalue weighted by molar-refractivity contribution is 8.00. The summed E-state index contributed by atoms with van der Waals surface area (Å²) in [4.78, 5) is 0. The lowest BCUT2D eigenvalue weighted by atomic mass is 10.8. The zero-order chi connectivity index (χ0) is 5.91. The lowest BCUT2D eigenvalue weighted by molar-refractivity contribution is 0.125. The normalized spacial score (nSPS) is 12.0. The van der Waals surface area contributed by atoms with E-state index in [0.717, 1.165) is 11.8 Å². The van der Waals surface area contributed by atoms with E-state index in [-0.39, 0.29) is 0 Å². The summed E-state index contributed by atoms with van der Waals surface area (Å²) in [6.45, 7) is 0. The van der Waals surface area contributed by atoms with Crippen molar-refractivity contribution in [2.24, 2.45) is 0 Å². The zero-order valence-electron chi connectivity index (χ0n) is 3.46. The number of rotatable bonds is 2. The average Bonchev–Trinajstić information content (AvgIpc) is 1.30. The molecule has 43 valence electrons. The third-order valence-corrected chi connectivity index (χ3v) is 1.12. The van der Waals surface area contributed by atoms with E-state index in [0.29, 0.717) is 0 Å². The van der Waals surface area contributed by atoms with Crippen molar-refractivity contribution in [1.82, 2.24) is 0 Å². The van der Waals surface area contributed by atoms with Gasteiger partial charge in [-0.15, -0.1) is 0 Å². The fraction of sp³-hybridized carbons (Fsp3) is 0.667. The van der Waals surface area contributed by atoms with Gasteiger partial charge in [-0.3, -0.25) is 0 Å². The van der Waals surface area contributed by atoms with Gasteiger partial charge in [0.05, 0.1) is 5.75 Å². The average molecular weight is 146 g/mol. The first kappa shape index (κ1) is 7.50. The van der Waals surface area contributed by atoms with Crippen molar-refractivity contribution < 1.29 is 8.78 Å². The standard InChI is InChI=1S/C3H4ClF2S/c1-7-2-3(4,5)6/h1-2H2. The molecule has 0 aromatic carbocycles. The second kappa shape index (κ2) is 2.72. The second-order valence-electron chi connectivity index (χ2n) is 0.964. The molecule has 0 saturated carbocycles. The van der Waals surface area contributed by atoms with Crippen molar-refractivity contribution in [1.29, 1.82) is 0 Å². The van der Waals surface area contributed by atoms with Crippen LogP contribution in [0.4, 0.5) is 8.78 Å². The number of halogens is 3. The quantitative estimate of drug-likeness (QED) is 0.538. The van der Waals surface area contributed by atoms with Gasteiger partial charge in [0.1, 0.15) is 0 Å². The van der Waals surface area contributed by atoms with Gasteiger partial charge in [-0.25, -0.2) is 0 Å². The third kappa shape index (κ3) is 6.50. The van der Waals surface area contributed by atoms with Crippen LogP contribution in [0.1, 0.15) is 0 Å². The molecule has 0 aliphatic carbocycles. The van der Waals surface area contributed by atoms with E-state index in [4.69, 9.17) is 0 Å². The maximum atomic E-state index is 11.4. The molecule has 0 aromatic rings. The van der Waals surface area contributed by atoms with E-state index in [9.17, 15) is 8.78 Å². The summed E-state index contributed by atoms with van der Waals surface area (Å²) in [7, 11) is 0. The van der Waals surface area contributed by atoms with Crippen LogP contribution >= 0.6 is 23.4 Å². The first-order valence-corrected chi connectivity index (χ1v) is 3.03. The lowest BCUT2D eigenvalue weighted by Crippen LogP contribution is -2.07. The van der Waals surface area contributed by atoms with Gasteiger partial charge in [-0.1, -0.05) is 0 Å². The summed E-state index contributed by atoms with van der Waals surface area (Å²) in [6.07, 6.45) is 3.12. The molecule has 0 bridgehead atoms. The molecule has 1 radical (unpaired) electrons. The predicted molar refractivity (Wildman–Crippen MR) is 28.6 cm³/mol. The smallest absolute Gasteiger partial charge is 0.187 e. The fourth-order valence-corrected chi connectivity index (χ4v) is 0.579. The first-order chi connectivity index (χ1) is 3.06. The first-order valence-electron chi connectivity index (χ1n) is 1.50. The van der Waals surface area contributed by atoms with Crippen LogP contribution in [-0.4, -0.2) is 11.1 Å². The van der Waals surface area contributed by atoms with Crippen LogP contribution in [0, 0.1) is 6.26 Å². The fourth-order valence-electron chi connectivity index (χ4n) is 0.116. The van der Waals surface area contributed by atoms with Crippen molar-refractivity contribution in [3.05, 3.63) is 6.26 Å². The van der Waals surface area contributed by atoms with Gasteiger partial charge in [0.2, 0.25) is 0 Å². The number of thioether (sulfide) groups is 1. The molecular weight excluding hydrogens is 142 g/mol. The lowest BCUT2D eigenvalue weighted by Gasteiger charge is -2.01. The van der Waals surface area contributed by atoms with Gasteiger partial charge in [0, 0.05) is 6.26 Å². The van der Waals surface area contributed by atoms with Crippen LogP contribution in [-0.2, 0) is 0 Å². The maximum Gasteiger partial charge on any atom is 0.330 e. The molecule has 0 unspecified atom stereocenters. The molecule has 7 heavy (non-hydrogen) atoms. The van der Waals surface area contributed by atoms with Gasteiger partial charge in [-0.05, 0) is 11.6 Å². The molecule has 0 aliphatic rings. The maximum absolute atomic E-state index is 11.4. The van der Waals surface area contributed by atoms with E-state index < -0.39 is 11.1 Å². The van der Waals surface area contributed by atoms with Gasteiger partial charge in [-0.2, -0.15) is 20.5 Å². The minimum Gasteiger partial charge on any atom is -0.187 e. The SMILES string of the molecule is [CH2]SCC(F)(F)Cl. The largest absolute Gasteiger partial charge is 0.330 e. The number of hydrogen-bond donors (Lipinski definition) is 0. The van der Waals surface area contributed by atoms with Crippen molar-refractivity contribution in [3.63, 3.8) is 0 Å². The van der Waals surface area contributed by atoms with Gasteiger partial charge in [0.15, 0.2) is 0 Å². The Morgan fingerprint density at radius 1 is 1.71 bits per heavy atom. The minimum atomic E-state index is -3.08. The minimum absolute atomic E-state index is 0.422. The van der Waals surface area contributed by atoms with E-state index in [1.807, 2.05) is 0 Å². The third-order valence-electron chi connectivity index (χ3n) is 0.266. The Kier molecular flexibility index (Phi) is 2.92. The van der Waals surface area contributed by atoms with Crippen LogP contribution in [0.25, 0.3) is 0 Å². The molecule has 0 aromatic heterocycles. The molecule has 0 nitrogen and oxygen atoms in total. The van der Waals surface area contributed by atoms with Crippen LogP contribution in [0.15, 0.2) is 0 Å². The number of alkyl halides is 3. The van der Waals surface area contributed by atoms with Crippen molar-refractivity contribution in [2.75, 3.05) is 5.75 Å². The second-order valence-corrected chi connectivity index (χ2v) is 2.21. The number of hydrogen-bond acceptors (Lipinski definition) is 1. The van der Waals surface area contributed by atoms with E-state index in [1.54, 1.807) is 0 Å². The monoisotopic (exact) mass is 145 g/mol. The Labute approximate surface area is 50.2 Å². The molecule has 0 atom stereocenters. The van der Waals surface area contributed by atoms with Gasteiger partial charge >= 0.3 is 5.38 Å². The Morgan fingerprint density at radius 3 is 2.14 bits per heavy atom. The Bertz CT molecular complexity index is 51.4. The van der Waals surface area contributed by atoms with Crippen molar-refractivity contribution >= 4 is 23.4 Å². The molecular formula is C3H4ClF2S. The summed E-state index contributed by atoms with van der Waals surface area (Å²) in [5, 5.41) is -3.08. The molecule has 0 rings (SSSR count). The summed E-state index contributed by atoms with van der Waals surface area (Å²) < 4.78 is 22.9. The molecule has 0 aliphatic heterocycles. The molecule has 0 fully saturated rings. The van der Waals surface area contributed by atoms with Crippen molar-refractivity contribution in [2.45, 2.75) is 5.38 Å². The molecule has 4 heteroatoms. The van der Waals surface area contributed by atoms with E-state index in [2.05, 4.69) is 17.9 Å². The molecule has 0 N–H and O–H groups in total. The molecule has 0 amide bonds. The van der Waals surface area contributed by atoms with Crippen molar-refractivity contribution in [3.8, 4) is 0 Å². The summed E-state index contributed by atoms with van der Waals surface area (Å²) in [6, 6.07) is 0. The highest BCUT2D eigenvalue weighted by Crippen LogP contribution is 2.22. The van der Waals surface area contributed by atoms with E-state index in [1.165, 1.54) is 0 Å². The zero-order valence-corrected chi connectivity index (χ0v) is 5.03. The predicted octanol–water partition coefficient (Wildman–Crippen LogP) is 2.34. The Hall–Kier alpha value is 0.500. The van der Waals surface area contributed by atoms with Crippen LogP contribution < -0.4 is 0 Å². The van der Waals surface area contributed by atoms with Gasteiger partial charge in [0.25, 0.3) is 0 Å². The Balaban J connectivity index is 3.15. The van der Waals surface area contributed by atoms with E-state index >= 15 is 0 Å². The van der Waals surface area contributed by atoms with Crippen LogP contribution in [0.2, 0.25) is 0 Å². The summed E-state index contributed by atoms with van der Waals surface area (Å²) in [5.74, 6) is -0.422. The highest BCUT2D eigenvalue weighted by Gasteiger charge is 2.22. The molecule has 0 heterocycles.